The Labute approximate surface area is 114 Å². The van der Waals surface area contributed by atoms with Gasteiger partial charge in [0.05, 0.1) is 18.8 Å². The molecule has 0 aromatic rings. The van der Waals surface area contributed by atoms with Gasteiger partial charge in [-0.15, -0.1) is 0 Å². The first kappa shape index (κ1) is 16.1. The van der Waals surface area contributed by atoms with E-state index < -0.39 is 18.2 Å². The highest BCUT2D eigenvalue weighted by Gasteiger charge is 2.33. The van der Waals surface area contributed by atoms with Crippen LogP contribution in [0, 0.1) is 0 Å². The number of carbonyl (C=O) groups excluding carboxylic acids is 1. The van der Waals surface area contributed by atoms with Crippen molar-refractivity contribution in [3.8, 4) is 0 Å². The van der Waals surface area contributed by atoms with Crippen LogP contribution in [-0.2, 0) is 14.3 Å². The average molecular weight is 271 g/mol. The Kier molecular flexibility index (Phi) is 6.48. The number of hydrogen-bond acceptors (Lipinski definition) is 5. The number of esters is 1. The number of rotatable bonds is 6. The van der Waals surface area contributed by atoms with Crippen molar-refractivity contribution in [1.29, 1.82) is 0 Å². The van der Waals surface area contributed by atoms with E-state index in [9.17, 15) is 9.90 Å². The molecule has 0 aliphatic heterocycles. The normalized spacial score (nSPS) is 27.3. The smallest absolute Gasteiger partial charge is 0.333 e. The SMILES string of the molecule is CCOC(=O)C1=C[C@@H](OC(CC)CC)[C@@H](O)C(N)C1. The Morgan fingerprint density at radius 1 is 1.47 bits per heavy atom. The summed E-state index contributed by atoms with van der Waals surface area (Å²) in [4.78, 5) is 11.7. The fraction of sp³-hybridized carbons (Fsp3) is 0.786. The van der Waals surface area contributed by atoms with Crippen molar-refractivity contribution >= 4 is 5.97 Å². The summed E-state index contributed by atoms with van der Waals surface area (Å²) in [5, 5.41) is 10.1. The molecule has 5 heteroatoms. The zero-order chi connectivity index (χ0) is 14.4. The van der Waals surface area contributed by atoms with E-state index in [1.807, 2.05) is 13.8 Å². The minimum absolute atomic E-state index is 0.0599. The van der Waals surface area contributed by atoms with Crippen LogP contribution in [0.2, 0.25) is 0 Å². The summed E-state index contributed by atoms with van der Waals surface area (Å²) in [6.07, 6.45) is 2.44. The van der Waals surface area contributed by atoms with Crippen molar-refractivity contribution in [2.24, 2.45) is 5.73 Å². The first-order valence-corrected chi connectivity index (χ1v) is 7.00. The Hall–Kier alpha value is -0.910. The molecule has 0 saturated carbocycles. The van der Waals surface area contributed by atoms with E-state index in [0.717, 1.165) is 12.8 Å². The van der Waals surface area contributed by atoms with Gasteiger partial charge in [0, 0.05) is 11.6 Å². The van der Waals surface area contributed by atoms with Crippen molar-refractivity contribution in [2.75, 3.05) is 6.61 Å². The predicted octanol–water partition coefficient (Wildman–Crippen LogP) is 1.14. The standard InChI is InChI=1S/C14H25NO4/c1-4-10(5-2)19-12-8-9(14(17)18-6-3)7-11(15)13(12)16/h8,10-13,16H,4-7,15H2,1-3H3/t11?,12-,13+/m1/s1. The first-order chi connectivity index (χ1) is 9.03. The molecule has 110 valence electrons. The fourth-order valence-electron chi connectivity index (χ4n) is 2.18. The maximum atomic E-state index is 11.7. The molecular formula is C14H25NO4. The van der Waals surface area contributed by atoms with E-state index in [1.165, 1.54) is 0 Å². The average Bonchev–Trinajstić information content (AvgIpc) is 2.40. The quantitative estimate of drug-likeness (QED) is 0.708. The summed E-state index contributed by atoms with van der Waals surface area (Å²) in [6, 6.07) is -0.497. The molecule has 19 heavy (non-hydrogen) atoms. The Balaban J connectivity index is 2.81. The van der Waals surface area contributed by atoms with Crippen LogP contribution >= 0.6 is 0 Å². The van der Waals surface area contributed by atoms with Gasteiger partial charge in [-0.25, -0.2) is 4.79 Å². The van der Waals surface area contributed by atoms with Crippen molar-refractivity contribution in [1.82, 2.24) is 0 Å². The van der Waals surface area contributed by atoms with E-state index in [1.54, 1.807) is 13.0 Å². The second kappa shape index (κ2) is 7.62. The van der Waals surface area contributed by atoms with E-state index >= 15 is 0 Å². The number of hydrogen-bond donors (Lipinski definition) is 2. The lowest BCUT2D eigenvalue weighted by molar-refractivity contribution is -0.139. The van der Waals surface area contributed by atoms with Crippen molar-refractivity contribution in [2.45, 2.75) is 64.4 Å². The Morgan fingerprint density at radius 2 is 2.11 bits per heavy atom. The number of aliphatic hydroxyl groups excluding tert-OH is 1. The van der Waals surface area contributed by atoms with E-state index in [4.69, 9.17) is 15.2 Å². The second-order valence-corrected chi connectivity index (χ2v) is 4.81. The van der Waals surface area contributed by atoms with Crippen LogP contribution in [-0.4, -0.2) is 42.0 Å². The Morgan fingerprint density at radius 3 is 2.63 bits per heavy atom. The summed E-state index contributed by atoms with van der Waals surface area (Å²) in [7, 11) is 0. The highest BCUT2D eigenvalue weighted by Crippen LogP contribution is 2.23. The van der Waals surface area contributed by atoms with Gasteiger partial charge in [-0.1, -0.05) is 13.8 Å². The molecule has 0 aromatic carbocycles. The summed E-state index contributed by atoms with van der Waals surface area (Å²) >= 11 is 0. The van der Waals surface area contributed by atoms with Gasteiger partial charge in [-0.2, -0.15) is 0 Å². The van der Waals surface area contributed by atoms with Gasteiger partial charge in [0.1, 0.15) is 6.10 Å². The predicted molar refractivity (Wildman–Crippen MR) is 72.6 cm³/mol. The molecule has 0 radical (unpaired) electrons. The zero-order valence-corrected chi connectivity index (χ0v) is 12.0. The molecule has 3 atom stereocenters. The minimum Gasteiger partial charge on any atom is -0.463 e. The number of aliphatic hydroxyl groups is 1. The maximum absolute atomic E-state index is 11.7. The summed E-state index contributed by atoms with van der Waals surface area (Å²) < 4.78 is 10.8. The van der Waals surface area contributed by atoms with Crippen molar-refractivity contribution < 1.29 is 19.4 Å². The van der Waals surface area contributed by atoms with Gasteiger partial charge in [0.15, 0.2) is 0 Å². The molecule has 0 heterocycles. The third-order valence-corrected chi connectivity index (χ3v) is 3.39. The van der Waals surface area contributed by atoms with Crippen LogP contribution in [0.15, 0.2) is 11.6 Å². The molecule has 0 bridgehead atoms. The first-order valence-electron chi connectivity index (χ1n) is 7.00. The molecular weight excluding hydrogens is 246 g/mol. The molecule has 1 unspecified atom stereocenters. The molecule has 1 aliphatic rings. The fourth-order valence-corrected chi connectivity index (χ4v) is 2.18. The molecule has 0 saturated heterocycles. The van der Waals surface area contributed by atoms with E-state index in [2.05, 4.69) is 0 Å². The number of nitrogens with two attached hydrogens (primary N) is 1. The monoisotopic (exact) mass is 271 g/mol. The molecule has 0 spiro atoms. The molecule has 0 fully saturated rings. The van der Waals surface area contributed by atoms with Crippen LogP contribution in [0.25, 0.3) is 0 Å². The molecule has 1 rings (SSSR count). The minimum atomic E-state index is -0.779. The van der Waals surface area contributed by atoms with Gasteiger partial charge in [-0.3, -0.25) is 0 Å². The lowest BCUT2D eigenvalue weighted by atomic mass is 9.90. The van der Waals surface area contributed by atoms with Crippen LogP contribution in [0.4, 0.5) is 0 Å². The molecule has 0 amide bonds. The molecule has 5 nitrogen and oxygen atoms in total. The highest BCUT2D eigenvalue weighted by atomic mass is 16.5. The number of carbonyl (C=O) groups is 1. The van der Waals surface area contributed by atoms with Crippen LogP contribution in [0.3, 0.4) is 0 Å². The van der Waals surface area contributed by atoms with Crippen molar-refractivity contribution in [3.63, 3.8) is 0 Å². The second-order valence-electron chi connectivity index (χ2n) is 4.81. The van der Waals surface area contributed by atoms with Crippen molar-refractivity contribution in [3.05, 3.63) is 11.6 Å². The van der Waals surface area contributed by atoms with Crippen LogP contribution < -0.4 is 5.73 Å². The molecule has 3 N–H and O–H groups in total. The summed E-state index contributed by atoms with van der Waals surface area (Å²) in [6.45, 7) is 6.14. The van der Waals surface area contributed by atoms with Gasteiger partial charge >= 0.3 is 5.97 Å². The summed E-state index contributed by atoms with van der Waals surface area (Å²) in [5.41, 5.74) is 6.37. The molecule has 0 aromatic heterocycles. The van der Waals surface area contributed by atoms with Gasteiger partial charge in [-0.05, 0) is 32.3 Å². The van der Waals surface area contributed by atoms with E-state index in [0.29, 0.717) is 18.6 Å². The van der Waals surface area contributed by atoms with Crippen LogP contribution in [0.1, 0.15) is 40.0 Å². The zero-order valence-electron chi connectivity index (χ0n) is 12.0. The van der Waals surface area contributed by atoms with Gasteiger partial charge in [0.2, 0.25) is 0 Å². The lowest BCUT2D eigenvalue weighted by Gasteiger charge is -2.33. The van der Waals surface area contributed by atoms with Gasteiger partial charge in [0.25, 0.3) is 0 Å². The third-order valence-electron chi connectivity index (χ3n) is 3.39. The highest BCUT2D eigenvalue weighted by molar-refractivity contribution is 5.89. The van der Waals surface area contributed by atoms with E-state index in [-0.39, 0.29) is 12.1 Å². The third kappa shape index (κ3) is 4.30. The number of ether oxygens (including phenoxy) is 2. The topological polar surface area (TPSA) is 81.8 Å². The summed E-state index contributed by atoms with van der Waals surface area (Å²) in [5.74, 6) is -0.372. The lowest BCUT2D eigenvalue weighted by Crippen LogP contribution is -2.48. The Bertz CT molecular complexity index is 325. The van der Waals surface area contributed by atoms with Crippen LogP contribution in [0.5, 0.6) is 0 Å². The largest absolute Gasteiger partial charge is 0.463 e. The molecule has 1 aliphatic carbocycles. The maximum Gasteiger partial charge on any atom is 0.333 e. The van der Waals surface area contributed by atoms with Gasteiger partial charge < -0.3 is 20.3 Å².